The lowest BCUT2D eigenvalue weighted by Crippen LogP contribution is -2.33. The van der Waals surface area contributed by atoms with E-state index < -0.39 is 15.6 Å². The van der Waals surface area contributed by atoms with Crippen molar-refractivity contribution in [2.75, 3.05) is 19.0 Å². The van der Waals surface area contributed by atoms with Crippen LogP contribution in [-0.4, -0.2) is 42.4 Å². The minimum absolute atomic E-state index is 0.152. The molecule has 1 aliphatic rings. The van der Waals surface area contributed by atoms with Gasteiger partial charge in [-0.1, -0.05) is 12.1 Å². The van der Waals surface area contributed by atoms with E-state index in [2.05, 4.69) is 0 Å². The first-order chi connectivity index (χ1) is 8.85. The number of hydrogen-bond donors (Lipinski definition) is 1. The Bertz CT molecular complexity index is 540. The van der Waals surface area contributed by atoms with E-state index in [1.807, 2.05) is 0 Å². The molecular weight excluding hydrogens is 286 g/mol. The predicted octanol–water partition coefficient (Wildman–Crippen LogP) is 1.61. The summed E-state index contributed by atoms with van der Waals surface area (Å²) >= 11 is 5.65. The maximum absolute atomic E-state index is 12.4. The monoisotopic (exact) mass is 303 g/mol. The van der Waals surface area contributed by atoms with Crippen LogP contribution in [0.4, 0.5) is 0 Å². The maximum atomic E-state index is 12.4. The number of benzene rings is 1. The third-order valence-corrected chi connectivity index (χ3v) is 5.41. The van der Waals surface area contributed by atoms with Crippen LogP contribution in [0, 0.1) is 0 Å². The van der Waals surface area contributed by atoms with E-state index >= 15 is 0 Å². The van der Waals surface area contributed by atoms with E-state index in [1.54, 1.807) is 31.2 Å². The van der Waals surface area contributed by atoms with E-state index in [0.717, 1.165) is 12.0 Å². The van der Waals surface area contributed by atoms with Gasteiger partial charge in [0, 0.05) is 19.0 Å². The molecular formula is C13H18ClNO3S. The van der Waals surface area contributed by atoms with Crippen LogP contribution in [-0.2, 0) is 16.4 Å². The molecule has 19 heavy (non-hydrogen) atoms. The molecule has 6 heteroatoms. The number of nitrogens with zero attached hydrogens (tertiary/aromatic N) is 1. The second-order valence-electron chi connectivity index (χ2n) is 5.17. The van der Waals surface area contributed by atoms with Gasteiger partial charge in [0.15, 0.2) is 0 Å². The Kier molecular flexibility index (Phi) is 4.20. The molecule has 106 valence electrons. The lowest BCUT2D eigenvalue weighted by molar-refractivity contribution is 0.0762. The molecule has 2 rings (SSSR count). The number of aryl methyl sites for hydroxylation is 1. The van der Waals surface area contributed by atoms with Gasteiger partial charge in [-0.25, -0.2) is 8.42 Å². The highest BCUT2D eigenvalue weighted by Crippen LogP contribution is 2.26. The molecule has 1 saturated heterocycles. The number of aliphatic hydroxyl groups is 1. The summed E-state index contributed by atoms with van der Waals surface area (Å²) in [7, 11) is -3.50. The molecule has 1 aromatic rings. The van der Waals surface area contributed by atoms with Crippen molar-refractivity contribution < 1.29 is 13.5 Å². The lowest BCUT2D eigenvalue weighted by atomic mass is 10.1. The zero-order valence-corrected chi connectivity index (χ0v) is 12.4. The number of halogens is 1. The molecule has 1 aromatic carbocycles. The Labute approximate surface area is 119 Å². The van der Waals surface area contributed by atoms with Gasteiger partial charge in [0.1, 0.15) is 0 Å². The summed E-state index contributed by atoms with van der Waals surface area (Å²) in [6.45, 7) is 2.17. The van der Waals surface area contributed by atoms with Crippen LogP contribution in [0.2, 0.25) is 0 Å². The van der Waals surface area contributed by atoms with Gasteiger partial charge in [-0.15, -0.1) is 11.6 Å². The van der Waals surface area contributed by atoms with Crippen LogP contribution in [0.15, 0.2) is 29.2 Å². The highest BCUT2D eigenvalue weighted by molar-refractivity contribution is 7.89. The zero-order chi connectivity index (χ0) is 14.1. The van der Waals surface area contributed by atoms with Crippen LogP contribution in [0.5, 0.6) is 0 Å². The maximum Gasteiger partial charge on any atom is 0.243 e. The fourth-order valence-corrected chi connectivity index (χ4v) is 3.97. The van der Waals surface area contributed by atoms with E-state index in [9.17, 15) is 13.5 Å². The van der Waals surface area contributed by atoms with Crippen LogP contribution >= 0.6 is 11.6 Å². The second kappa shape index (κ2) is 5.40. The lowest BCUT2D eigenvalue weighted by Gasteiger charge is -2.19. The van der Waals surface area contributed by atoms with E-state index in [4.69, 9.17) is 11.6 Å². The minimum atomic E-state index is -3.50. The first-order valence-corrected chi connectivity index (χ1v) is 8.20. The van der Waals surface area contributed by atoms with Crippen LogP contribution in [0.3, 0.4) is 0 Å². The summed E-state index contributed by atoms with van der Waals surface area (Å²) in [5.41, 5.74) is 0.0911. The molecule has 0 spiro atoms. The van der Waals surface area contributed by atoms with Gasteiger partial charge in [0.25, 0.3) is 0 Å². The van der Waals surface area contributed by atoms with Gasteiger partial charge in [0.2, 0.25) is 10.0 Å². The SMILES string of the molecule is CC1(O)CCN(S(=O)(=O)c2ccc(CCCl)cc2)C1. The first-order valence-electron chi connectivity index (χ1n) is 6.23. The molecule has 0 amide bonds. The van der Waals surface area contributed by atoms with Crippen LogP contribution < -0.4 is 0 Å². The summed E-state index contributed by atoms with van der Waals surface area (Å²) in [5.74, 6) is 0.515. The van der Waals surface area contributed by atoms with Gasteiger partial charge in [0.05, 0.1) is 10.5 Å². The number of hydrogen-bond acceptors (Lipinski definition) is 3. The largest absolute Gasteiger partial charge is 0.389 e. The van der Waals surface area contributed by atoms with Crippen molar-refractivity contribution in [2.24, 2.45) is 0 Å². The van der Waals surface area contributed by atoms with Gasteiger partial charge >= 0.3 is 0 Å². The van der Waals surface area contributed by atoms with Crippen molar-refractivity contribution in [3.8, 4) is 0 Å². The minimum Gasteiger partial charge on any atom is -0.389 e. The fraction of sp³-hybridized carbons (Fsp3) is 0.538. The van der Waals surface area contributed by atoms with Gasteiger partial charge in [-0.3, -0.25) is 0 Å². The molecule has 4 nitrogen and oxygen atoms in total. The molecule has 1 N–H and O–H groups in total. The summed E-state index contributed by atoms with van der Waals surface area (Å²) in [6.07, 6.45) is 1.19. The van der Waals surface area contributed by atoms with Crippen LogP contribution in [0.1, 0.15) is 18.9 Å². The van der Waals surface area contributed by atoms with Gasteiger partial charge < -0.3 is 5.11 Å². The molecule has 0 saturated carbocycles. The number of β-amino-alcohol motifs (C(OH)–C–C–N with tert-alkyl or cyclic N) is 1. The van der Waals surface area contributed by atoms with Gasteiger partial charge in [-0.05, 0) is 37.5 Å². The average Bonchev–Trinajstić information content (AvgIpc) is 2.71. The van der Waals surface area contributed by atoms with Crippen LogP contribution in [0.25, 0.3) is 0 Å². The third-order valence-electron chi connectivity index (χ3n) is 3.36. The number of sulfonamides is 1. The molecule has 1 aliphatic heterocycles. The zero-order valence-electron chi connectivity index (χ0n) is 10.8. The quantitative estimate of drug-likeness (QED) is 0.860. The van der Waals surface area contributed by atoms with Crippen molar-refractivity contribution in [2.45, 2.75) is 30.3 Å². The Morgan fingerprint density at radius 3 is 2.47 bits per heavy atom. The van der Waals surface area contributed by atoms with Gasteiger partial charge in [-0.2, -0.15) is 4.31 Å². The highest BCUT2D eigenvalue weighted by Gasteiger charge is 2.38. The Hall–Kier alpha value is -0.620. The standard InChI is InChI=1S/C13H18ClNO3S/c1-13(16)7-9-15(10-13)19(17,18)12-4-2-11(3-5-12)6-8-14/h2-5,16H,6-10H2,1H3. The molecule has 1 fully saturated rings. The average molecular weight is 304 g/mol. The van der Waals surface area contributed by atoms with Crippen molar-refractivity contribution in [1.82, 2.24) is 4.31 Å². The normalized spacial score (nSPS) is 24.8. The molecule has 0 radical (unpaired) electrons. The van der Waals surface area contributed by atoms with Crippen molar-refractivity contribution in [3.05, 3.63) is 29.8 Å². The van der Waals surface area contributed by atoms with Crippen molar-refractivity contribution in [1.29, 1.82) is 0 Å². The number of alkyl halides is 1. The first kappa shape index (κ1) is 14.8. The smallest absolute Gasteiger partial charge is 0.243 e. The molecule has 1 unspecified atom stereocenters. The third kappa shape index (κ3) is 3.28. The molecule has 0 aliphatic carbocycles. The fourth-order valence-electron chi connectivity index (χ4n) is 2.20. The van der Waals surface area contributed by atoms with E-state index in [1.165, 1.54) is 4.31 Å². The number of rotatable bonds is 4. The Morgan fingerprint density at radius 1 is 1.37 bits per heavy atom. The molecule has 0 bridgehead atoms. The predicted molar refractivity (Wildman–Crippen MR) is 74.9 cm³/mol. The summed E-state index contributed by atoms with van der Waals surface area (Å²) in [6, 6.07) is 6.77. The highest BCUT2D eigenvalue weighted by atomic mass is 35.5. The summed E-state index contributed by atoms with van der Waals surface area (Å²) < 4.78 is 26.1. The molecule has 0 aromatic heterocycles. The second-order valence-corrected chi connectivity index (χ2v) is 7.48. The molecule has 1 heterocycles. The molecule has 1 atom stereocenters. The topological polar surface area (TPSA) is 57.6 Å². The summed E-state index contributed by atoms with van der Waals surface area (Å²) in [4.78, 5) is 0.267. The van der Waals surface area contributed by atoms with E-state index in [0.29, 0.717) is 18.8 Å². The Morgan fingerprint density at radius 2 is 2.00 bits per heavy atom. The van der Waals surface area contributed by atoms with Crippen molar-refractivity contribution in [3.63, 3.8) is 0 Å². The van der Waals surface area contributed by atoms with E-state index in [-0.39, 0.29) is 11.4 Å². The Balaban J connectivity index is 2.20. The van der Waals surface area contributed by atoms with Crippen molar-refractivity contribution >= 4 is 21.6 Å². The summed E-state index contributed by atoms with van der Waals surface area (Å²) in [5, 5.41) is 9.87.